The standard InChI is InChI=1S/C11H12ClF2NO4S2/c1-2-20(17)4-3-15-11(16)7-5-10(21(12,18)19)9(14)6-8(7)13/h5-6H,2-4H2,1H3,(H,15,16). The lowest BCUT2D eigenvalue weighted by Gasteiger charge is -2.07. The van der Waals surface area contributed by atoms with Gasteiger partial charge in [-0.05, 0) is 6.07 Å². The maximum Gasteiger partial charge on any atom is 0.264 e. The maximum atomic E-state index is 13.5. The predicted octanol–water partition coefficient (Wildman–Crippen LogP) is 1.39. The van der Waals surface area contributed by atoms with Crippen molar-refractivity contribution in [2.75, 3.05) is 18.1 Å². The van der Waals surface area contributed by atoms with E-state index in [1.54, 1.807) is 6.92 Å². The van der Waals surface area contributed by atoms with E-state index in [1.807, 2.05) is 0 Å². The highest BCUT2D eigenvalue weighted by Crippen LogP contribution is 2.22. The summed E-state index contributed by atoms with van der Waals surface area (Å²) in [4.78, 5) is 10.7. The van der Waals surface area contributed by atoms with Gasteiger partial charge in [-0.1, -0.05) is 6.92 Å². The van der Waals surface area contributed by atoms with Gasteiger partial charge in [0.05, 0.1) is 5.56 Å². The summed E-state index contributed by atoms with van der Waals surface area (Å²) in [6.07, 6.45) is 0. The third kappa shape index (κ3) is 5.01. The summed E-state index contributed by atoms with van der Waals surface area (Å²) in [6.45, 7) is 1.72. The Kier molecular flexibility index (Phi) is 6.24. The first kappa shape index (κ1) is 18.0. The lowest BCUT2D eigenvalue weighted by atomic mass is 10.2. The molecule has 21 heavy (non-hydrogen) atoms. The van der Waals surface area contributed by atoms with Crippen LogP contribution in [0.15, 0.2) is 17.0 Å². The highest BCUT2D eigenvalue weighted by atomic mass is 35.7. The molecule has 0 saturated heterocycles. The van der Waals surface area contributed by atoms with Crippen LogP contribution < -0.4 is 5.32 Å². The number of halogens is 3. The first-order valence-electron chi connectivity index (χ1n) is 5.73. The fraction of sp³-hybridized carbons (Fsp3) is 0.364. The highest BCUT2D eigenvalue weighted by Gasteiger charge is 2.22. The van der Waals surface area contributed by atoms with Crippen molar-refractivity contribution >= 4 is 36.4 Å². The molecule has 0 aliphatic carbocycles. The zero-order valence-corrected chi connectivity index (χ0v) is 13.2. The smallest absolute Gasteiger partial charge is 0.264 e. The number of carbonyl (C=O) groups is 1. The Hall–Kier alpha value is -1.06. The molecule has 0 aliphatic rings. The van der Waals surface area contributed by atoms with E-state index in [9.17, 15) is 26.2 Å². The van der Waals surface area contributed by atoms with Crippen LogP contribution in [-0.2, 0) is 19.9 Å². The van der Waals surface area contributed by atoms with Crippen molar-refractivity contribution < 1.29 is 26.2 Å². The molecule has 0 aromatic heterocycles. The molecule has 1 atom stereocenters. The first-order chi connectivity index (χ1) is 9.66. The third-order valence-corrected chi connectivity index (χ3v) is 5.11. The van der Waals surface area contributed by atoms with Crippen molar-refractivity contribution in [2.24, 2.45) is 0 Å². The molecule has 0 heterocycles. The molecule has 0 aliphatic heterocycles. The lowest BCUT2D eigenvalue weighted by molar-refractivity contribution is 0.0951. The molecule has 0 fully saturated rings. The van der Waals surface area contributed by atoms with E-state index in [1.165, 1.54) is 0 Å². The second-order valence-electron chi connectivity index (χ2n) is 3.89. The Morgan fingerprint density at radius 2 is 1.95 bits per heavy atom. The van der Waals surface area contributed by atoms with Crippen molar-refractivity contribution in [1.29, 1.82) is 0 Å². The molecule has 118 valence electrons. The van der Waals surface area contributed by atoms with Crippen LogP contribution in [0.25, 0.3) is 0 Å². The third-order valence-electron chi connectivity index (χ3n) is 2.47. The van der Waals surface area contributed by atoms with Crippen LogP contribution in [0.1, 0.15) is 17.3 Å². The van der Waals surface area contributed by atoms with E-state index < -0.39 is 47.9 Å². The molecule has 1 rings (SSSR count). The Labute approximate surface area is 127 Å². The SMILES string of the molecule is CCS(=O)CCNC(=O)c1cc(S(=O)(=O)Cl)c(F)cc1F. The van der Waals surface area contributed by atoms with Crippen molar-refractivity contribution in [3.63, 3.8) is 0 Å². The summed E-state index contributed by atoms with van der Waals surface area (Å²) < 4.78 is 60.2. The predicted molar refractivity (Wildman–Crippen MR) is 75.3 cm³/mol. The minimum Gasteiger partial charge on any atom is -0.351 e. The van der Waals surface area contributed by atoms with Gasteiger partial charge in [0.15, 0.2) is 0 Å². The monoisotopic (exact) mass is 359 g/mol. The van der Waals surface area contributed by atoms with Crippen LogP contribution in [0.4, 0.5) is 8.78 Å². The molecule has 1 unspecified atom stereocenters. The van der Waals surface area contributed by atoms with E-state index in [0.717, 1.165) is 0 Å². The van der Waals surface area contributed by atoms with E-state index >= 15 is 0 Å². The maximum absolute atomic E-state index is 13.5. The summed E-state index contributed by atoms with van der Waals surface area (Å²) in [5, 5.41) is 2.27. The molecule has 5 nitrogen and oxygen atoms in total. The molecule has 1 amide bonds. The summed E-state index contributed by atoms with van der Waals surface area (Å²) in [6, 6.07) is 0.799. The number of nitrogens with one attached hydrogen (secondary N) is 1. The number of rotatable bonds is 6. The molecule has 0 saturated carbocycles. The Balaban J connectivity index is 2.97. The topological polar surface area (TPSA) is 80.3 Å². The average Bonchev–Trinajstić information content (AvgIpc) is 2.36. The normalized spacial score (nSPS) is 13.0. The number of hydrogen-bond acceptors (Lipinski definition) is 4. The van der Waals surface area contributed by atoms with E-state index in [4.69, 9.17) is 10.7 Å². The van der Waals surface area contributed by atoms with E-state index in [-0.39, 0.29) is 18.4 Å². The molecular formula is C11H12ClF2NO4S2. The minimum atomic E-state index is -4.44. The molecule has 10 heteroatoms. The number of hydrogen-bond donors (Lipinski definition) is 1. The van der Waals surface area contributed by atoms with Gasteiger partial charge in [-0.2, -0.15) is 0 Å². The fourth-order valence-corrected chi connectivity index (χ4v) is 2.93. The zero-order valence-electron chi connectivity index (χ0n) is 10.9. The molecule has 1 aromatic carbocycles. The second-order valence-corrected chi connectivity index (χ2v) is 8.29. The number of benzene rings is 1. The summed E-state index contributed by atoms with van der Waals surface area (Å²) in [5.74, 6) is -2.96. The van der Waals surface area contributed by atoms with Crippen LogP contribution in [0.5, 0.6) is 0 Å². The van der Waals surface area contributed by atoms with Gasteiger partial charge in [0.1, 0.15) is 16.5 Å². The minimum absolute atomic E-state index is 0.0130. The van der Waals surface area contributed by atoms with Crippen LogP contribution in [-0.4, -0.2) is 36.6 Å². The van der Waals surface area contributed by atoms with Crippen molar-refractivity contribution in [1.82, 2.24) is 5.32 Å². The van der Waals surface area contributed by atoms with Gasteiger partial charge in [-0.3, -0.25) is 9.00 Å². The summed E-state index contributed by atoms with van der Waals surface area (Å²) in [5.41, 5.74) is -0.655. The van der Waals surface area contributed by atoms with Crippen LogP contribution in [0.3, 0.4) is 0 Å². The Morgan fingerprint density at radius 1 is 1.33 bits per heavy atom. The van der Waals surface area contributed by atoms with Gasteiger partial charge in [0.25, 0.3) is 15.0 Å². The fourth-order valence-electron chi connectivity index (χ4n) is 1.41. The van der Waals surface area contributed by atoms with Gasteiger partial charge < -0.3 is 5.32 Å². The van der Waals surface area contributed by atoms with Gasteiger partial charge in [-0.15, -0.1) is 0 Å². The lowest BCUT2D eigenvalue weighted by Crippen LogP contribution is -2.29. The second kappa shape index (κ2) is 7.28. The van der Waals surface area contributed by atoms with Crippen LogP contribution in [0.2, 0.25) is 0 Å². The van der Waals surface area contributed by atoms with Gasteiger partial charge >= 0.3 is 0 Å². The van der Waals surface area contributed by atoms with Gasteiger partial charge in [-0.25, -0.2) is 17.2 Å². The van der Waals surface area contributed by atoms with Crippen LogP contribution in [0, 0.1) is 11.6 Å². The molecule has 0 spiro atoms. The zero-order chi connectivity index (χ0) is 16.2. The van der Waals surface area contributed by atoms with Crippen LogP contribution >= 0.6 is 10.7 Å². The first-order valence-corrected chi connectivity index (χ1v) is 9.53. The van der Waals surface area contributed by atoms with E-state index in [2.05, 4.69) is 5.32 Å². The molecule has 0 bridgehead atoms. The largest absolute Gasteiger partial charge is 0.351 e. The van der Waals surface area contributed by atoms with Gasteiger partial charge in [0, 0.05) is 45.6 Å². The van der Waals surface area contributed by atoms with Crippen molar-refractivity contribution in [3.05, 3.63) is 29.3 Å². The quantitative estimate of drug-likeness (QED) is 0.778. The number of amides is 1. The summed E-state index contributed by atoms with van der Waals surface area (Å²) >= 11 is 0. The molecule has 1 aromatic rings. The van der Waals surface area contributed by atoms with Crippen molar-refractivity contribution in [3.8, 4) is 0 Å². The van der Waals surface area contributed by atoms with E-state index in [0.29, 0.717) is 11.8 Å². The molecule has 0 radical (unpaired) electrons. The number of carbonyl (C=O) groups excluding carboxylic acids is 1. The Bertz CT molecular complexity index is 679. The highest BCUT2D eigenvalue weighted by molar-refractivity contribution is 8.13. The molecule has 1 N–H and O–H groups in total. The van der Waals surface area contributed by atoms with Crippen molar-refractivity contribution in [2.45, 2.75) is 11.8 Å². The van der Waals surface area contributed by atoms with Gasteiger partial charge in [0.2, 0.25) is 0 Å². The molecular weight excluding hydrogens is 348 g/mol. The average molecular weight is 360 g/mol. The summed E-state index contributed by atoms with van der Waals surface area (Å²) in [7, 11) is -0.560. The Morgan fingerprint density at radius 3 is 2.48 bits per heavy atom.